The molecule has 0 bridgehead atoms. The van der Waals surface area contributed by atoms with Gasteiger partial charge < -0.3 is 5.32 Å². The smallest absolute Gasteiger partial charge is 0.258 e. The Morgan fingerprint density at radius 3 is 2.90 bits per heavy atom. The van der Waals surface area contributed by atoms with Gasteiger partial charge in [0.2, 0.25) is 0 Å². The van der Waals surface area contributed by atoms with E-state index in [9.17, 15) is 9.18 Å². The fourth-order valence-electron chi connectivity index (χ4n) is 2.04. The molecule has 6 heteroatoms. The lowest BCUT2D eigenvalue weighted by Gasteiger charge is -2.07. The van der Waals surface area contributed by atoms with Gasteiger partial charge in [-0.1, -0.05) is 17.7 Å². The van der Waals surface area contributed by atoms with Gasteiger partial charge in [0, 0.05) is 23.0 Å². The van der Waals surface area contributed by atoms with Gasteiger partial charge in [0.1, 0.15) is 11.5 Å². The first-order valence-corrected chi connectivity index (χ1v) is 6.67. The van der Waals surface area contributed by atoms with Crippen LogP contribution in [0.5, 0.6) is 0 Å². The van der Waals surface area contributed by atoms with Crippen LogP contribution < -0.4 is 10.9 Å². The third kappa shape index (κ3) is 3.03. The van der Waals surface area contributed by atoms with E-state index in [1.165, 1.54) is 22.6 Å². The molecule has 0 aliphatic rings. The van der Waals surface area contributed by atoms with E-state index in [0.29, 0.717) is 28.6 Å². The fourth-order valence-corrected chi connectivity index (χ4v) is 2.26. The standard InChI is InChI=1S/C15H11ClFN3O/c16-10-5-11(17)7-12(6-10)18-9-13-8-15(21)20-4-2-1-3-14(20)19-13/h1-8,18H,9H2. The number of aromatic nitrogens is 2. The van der Waals surface area contributed by atoms with Gasteiger partial charge >= 0.3 is 0 Å². The van der Waals surface area contributed by atoms with Crippen molar-refractivity contribution >= 4 is 22.9 Å². The Bertz CT molecular complexity index is 843. The van der Waals surface area contributed by atoms with Crippen molar-refractivity contribution in [1.82, 2.24) is 9.38 Å². The van der Waals surface area contributed by atoms with Crippen molar-refractivity contribution in [1.29, 1.82) is 0 Å². The van der Waals surface area contributed by atoms with Crippen molar-refractivity contribution < 1.29 is 4.39 Å². The Balaban J connectivity index is 1.86. The van der Waals surface area contributed by atoms with Crippen molar-refractivity contribution in [3.8, 4) is 0 Å². The highest BCUT2D eigenvalue weighted by Gasteiger charge is 2.03. The Kier molecular flexibility index (Phi) is 3.58. The molecule has 21 heavy (non-hydrogen) atoms. The summed E-state index contributed by atoms with van der Waals surface area (Å²) >= 11 is 5.79. The summed E-state index contributed by atoms with van der Waals surface area (Å²) in [5, 5.41) is 3.31. The predicted molar refractivity (Wildman–Crippen MR) is 80.2 cm³/mol. The van der Waals surface area contributed by atoms with E-state index in [-0.39, 0.29) is 5.56 Å². The predicted octanol–water partition coefficient (Wildman–Crippen LogP) is 3.10. The first-order chi connectivity index (χ1) is 10.1. The van der Waals surface area contributed by atoms with Crippen LogP contribution in [0.2, 0.25) is 5.02 Å². The third-order valence-electron chi connectivity index (χ3n) is 2.96. The lowest BCUT2D eigenvalue weighted by molar-refractivity contribution is 0.628. The number of pyridine rings is 1. The normalized spacial score (nSPS) is 10.8. The van der Waals surface area contributed by atoms with E-state index in [0.717, 1.165) is 0 Å². The molecule has 0 saturated carbocycles. The summed E-state index contributed by atoms with van der Waals surface area (Å²) in [6.07, 6.45) is 1.66. The highest BCUT2D eigenvalue weighted by atomic mass is 35.5. The van der Waals surface area contributed by atoms with Gasteiger partial charge in [0.05, 0.1) is 12.2 Å². The van der Waals surface area contributed by atoms with E-state index in [4.69, 9.17) is 11.6 Å². The van der Waals surface area contributed by atoms with Crippen molar-refractivity contribution in [3.63, 3.8) is 0 Å². The summed E-state index contributed by atoms with van der Waals surface area (Å²) in [6, 6.07) is 10.9. The van der Waals surface area contributed by atoms with Crippen LogP contribution in [0.15, 0.2) is 53.5 Å². The molecule has 0 saturated heterocycles. The number of fused-ring (bicyclic) bond motifs is 1. The summed E-state index contributed by atoms with van der Waals surface area (Å²) in [5.74, 6) is -0.420. The first kappa shape index (κ1) is 13.6. The SMILES string of the molecule is O=c1cc(CNc2cc(F)cc(Cl)c2)nc2ccccn12. The average Bonchev–Trinajstić information content (AvgIpc) is 2.44. The number of halogens is 2. The lowest BCUT2D eigenvalue weighted by Crippen LogP contribution is -2.16. The van der Waals surface area contributed by atoms with Crippen LogP contribution in [0.4, 0.5) is 10.1 Å². The van der Waals surface area contributed by atoms with Gasteiger partial charge in [-0.3, -0.25) is 9.20 Å². The number of rotatable bonds is 3. The van der Waals surface area contributed by atoms with Crippen LogP contribution in [0, 0.1) is 5.82 Å². The molecule has 2 aromatic heterocycles. The summed E-state index contributed by atoms with van der Waals surface area (Å²) in [5.41, 5.74) is 1.52. The molecule has 0 atom stereocenters. The summed E-state index contributed by atoms with van der Waals surface area (Å²) in [4.78, 5) is 16.3. The minimum Gasteiger partial charge on any atom is -0.379 e. The van der Waals surface area contributed by atoms with E-state index in [1.54, 1.807) is 24.4 Å². The molecule has 0 radical (unpaired) electrons. The molecule has 0 fully saturated rings. The van der Waals surface area contributed by atoms with Gasteiger partial charge in [-0.25, -0.2) is 9.37 Å². The minimum absolute atomic E-state index is 0.158. The van der Waals surface area contributed by atoms with Gasteiger partial charge in [-0.05, 0) is 30.3 Å². The van der Waals surface area contributed by atoms with Crippen LogP contribution in [-0.4, -0.2) is 9.38 Å². The van der Waals surface area contributed by atoms with Crippen LogP contribution in [0.25, 0.3) is 5.65 Å². The number of hydrogen-bond acceptors (Lipinski definition) is 3. The summed E-state index contributed by atoms with van der Waals surface area (Å²) < 4.78 is 14.7. The number of benzene rings is 1. The first-order valence-electron chi connectivity index (χ1n) is 6.29. The molecule has 0 amide bonds. The minimum atomic E-state index is -0.420. The number of nitrogens with zero attached hydrogens (tertiary/aromatic N) is 2. The highest BCUT2D eigenvalue weighted by Crippen LogP contribution is 2.18. The van der Waals surface area contributed by atoms with Crippen molar-refractivity contribution in [2.45, 2.75) is 6.54 Å². The topological polar surface area (TPSA) is 46.4 Å². The molecule has 3 aromatic rings. The monoisotopic (exact) mass is 303 g/mol. The van der Waals surface area contributed by atoms with E-state index in [2.05, 4.69) is 10.3 Å². The van der Waals surface area contributed by atoms with Crippen LogP contribution >= 0.6 is 11.6 Å². The molecule has 3 rings (SSSR count). The largest absolute Gasteiger partial charge is 0.379 e. The molecule has 4 nitrogen and oxygen atoms in total. The van der Waals surface area contributed by atoms with Crippen LogP contribution in [-0.2, 0) is 6.54 Å². The number of nitrogens with one attached hydrogen (secondary N) is 1. The van der Waals surface area contributed by atoms with Crippen molar-refractivity contribution in [2.24, 2.45) is 0 Å². The van der Waals surface area contributed by atoms with E-state index in [1.807, 2.05) is 6.07 Å². The maximum atomic E-state index is 13.2. The van der Waals surface area contributed by atoms with Crippen LogP contribution in [0.3, 0.4) is 0 Å². The maximum absolute atomic E-state index is 13.2. The second-order valence-electron chi connectivity index (χ2n) is 4.53. The second-order valence-corrected chi connectivity index (χ2v) is 4.96. The molecule has 1 N–H and O–H groups in total. The van der Waals surface area contributed by atoms with E-state index >= 15 is 0 Å². The molecule has 0 aliphatic carbocycles. The fraction of sp³-hybridized carbons (Fsp3) is 0.0667. The molecule has 0 aliphatic heterocycles. The zero-order chi connectivity index (χ0) is 14.8. The Morgan fingerprint density at radius 1 is 1.24 bits per heavy atom. The van der Waals surface area contributed by atoms with E-state index < -0.39 is 5.82 Å². The lowest BCUT2D eigenvalue weighted by atomic mass is 10.3. The Hall–Kier alpha value is -2.40. The van der Waals surface area contributed by atoms with Crippen molar-refractivity contribution in [2.75, 3.05) is 5.32 Å². The second kappa shape index (κ2) is 5.54. The van der Waals surface area contributed by atoms with Gasteiger partial charge in [-0.2, -0.15) is 0 Å². The molecule has 1 aromatic carbocycles. The van der Waals surface area contributed by atoms with Crippen molar-refractivity contribution in [3.05, 3.63) is 75.5 Å². The summed E-state index contributed by atoms with van der Waals surface area (Å²) in [6.45, 7) is 0.306. The van der Waals surface area contributed by atoms with Gasteiger partial charge in [0.15, 0.2) is 0 Å². The number of hydrogen-bond donors (Lipinski definition) is 1. The zero-order valence-electron chi connectivity index (χ0n) is 10.9. The molecular weight excluding hydrogens is 293 g/mol. The molecule has 2 heterocycles. The maximum Gasteiger partial charge on any atom is 0.258 e. The number of anilines is 1. The van der Waals surface area contributed by atoms with Gasteiger partial charge in [0.25, 0.3) is 5.56 Å². The molecule has 0 unspecified atom stereocenters. The third-order valence-corrected chi connectivity index (χ3v) is 3.18. The molecule has 0 spiro atoms. The van der Waals surface area contributed by atoms with Crippen LogP contribution in [0.1, 0.15) is 5.69 Å². The van der Waals surface area contributed by atoms with Gasteiger partial charge in [-0.15, -0.1) is 0 Å². The Morgan fingerprint density at radius 2 is 2.10 bits per heavy atom. The molecular formula is C15H11ClFN3O. The zero-order valence-corrected chi connectivity index (χ0v) is 11.6. The Labute approximate surface area is 124 Å². The summed E-state index contributed by atoms with van der Waals surface area (Å²) in [7, 11) is 0. The molecule has 106 valence electrons. The highest BCUT2D eigenvalue weighted by molar-refractivity contribution is 6.30. The quantitative estimate of drug-likeness (QED) is 0.809. The average molecular weight is 304 g/mol.